The zero-order chi connectivity index (χ0) is 12.3. The van der Waals surface area contributed by atoms with Crippen LogP contribution in [0.15, 0.2) is 12.3 Å². The predicted octanol–water partition coefficient (Wildman–Crippen LogP) is 1.39. The van der Waals surface area contributed by atoms with Gasteiger partial charge in [-0.3, -0.25) is 4.79 Å². The SMILES string of the molecule is CNC[C@@H]1CCCN(C(=O)c2cc[nH]c2C)C1. The summed E-state index contributed by atoms with van der Waals surface area (Å²) in [6.45, 7) is 4.71. The van der Waals surface area contributed by atoms with Crippen molar-refractivity contribution in [3.8, 4) is 0 Å². The summed E-state index contributed by atoms with van der Waals surface area (Å²) in [5.41, 5.74) is 1.78. The molecule has 1 saturated heterocycles. The Balaban J connectivity index is 2.02. The molecule has 94 valence electrons. The van der Waals surface area contributed by atoms with Gasteiger partial charge in [0.15, 0.2) is 0 Å². The van der Waals surface area contributed by atoms with Crippen LogP contribution in [0.25, 0.3) is 0 Å². The Morgan fingerprint density at radius 1 is 1.65 bits per heavy atom. The quantitative estimate of drug-likeness (QED) is 0.832. The third-order valence-electron chi connectivity index (χ3n) is 3.48. The second-order valence-corrected chi connectivity index (χ2v) is 4.83. The van der Waals surface area contributed by atoms with Crippen LogP contribution >= 0.6 is 0 Å². The molecular weight excluding hydrogens is 214 g/mol. The molecule has 0 spiro atoms. The van der Waals surface area contributed by atoms with Crippen LogP contribution in [0.1, 0.15) is 28.9 Å². The Bertz CT molecular complexity index is 384. The Labute approximate surface area is 102 Å². The molecule has 1 amide bonds. The number of amides is 1. The van der Waals surface area contributed by atoms with Crippen LogP contribution in [-0.4, -0.2) is 42.5 Å². The Kier molecular flexibility index (Phi) is 3.84. The van der Waals surface area contributed by atoms with Gasteiger partial charge < -0.3 is 15.2 Å². The third-order valence-corrected chi connectivity index (χ3v) is 3.48. The Hall–Kier alpha value is -1.29. The summed E-state index contributed by atoms with van der Waals surface area (Å²) in [4.78, 5) is 17.4. The van der Waals surface area contributed by atoms with E-state index in [1.807, 2.05) is 31.1 Å². The highest BCUT2D eigenvalue weighted by Crippen LogP contribution is 2.19. The van der Waals surface area contributed by atoms with Crippen molar-refractivity contribution in [3.05, 3.63) is 23.5 Å². The summed E-state index contributed by atoms with van der Waals surface area (Å²) in [5.74, 6) is 0.765. The van der Waals surface area contributed by atoms with Gasteiger partial charge in [-0.2, -0.15) is 0 Å². The van der Waals surface area contributed by atoms with E-state index in [0.29, 0.717) is 5.92 Å². The van der Waals surface area contributed by atoms with E-state index in [1.165, 1.54) is 6.42 Å². The highest BCUT2D eigenvalue weighted by Gasteiger charge is 2.24. The average molecular weight is 235 g/mol. The number of hydrogen-bond donors (Lipinski definition) is 2. The van der Waals surface area contributed by atoms with E-state index in [-0.39, 0.29) is 5.91 Å². The largest absolute Gasteiger partial charge is 0.365 e. The number of aryl methyl sites for hydroxylation is 1. The van der Waals surface area contributed by atoms with Crippen molar-refractivity contribution in [2.75, 3.05) is 26.7 Å². The van der Waals surface area contributed by atoms with Crippen LogP contribution in [0.5, 0.6) is 0 Å². The Morgan fingerprint density at radius 2 is 2.47 bits per heavy atom. The number of nitrogens with one attached hydrogen (secondary N) is 2. The van der Waals surface area contributed by atoms with Gasteiger partial charge in [0, 0.05) is 25.0 Å². The van der Waals surface area contributed by atoms with E-state index in [2.05, 4.69) is 10.3 Å². The van der Waals surface area contributed by atoms with Gasteiger partial charge in [-0.1, -0.05) is 0 Å². The molecule has 4 nitrogen and oxygen atoms in total. The van der Waals surface area contributed by atoms with Gasteiger partial charge in [-0.05, 0) is 45.3 Å². The molecule has 0 bridgehead atoms. The number of rotatable bonds is 3. The molecule has 0 saturated carbocycles. The standard InChI is InChI=1S/C13H21N3O/c1-10-12(5-6-15-10)13(17)16-7-3-4-11(9-16)8-14-2/h5-6,11,14-15H,3-4,7-9H2,1-2H3/t11-/m0/s1. The molecule has 17 heavy (non-hydrogen) atoms. The monoisotopic (exact) mass is 235 g/mol. The number of carbonyl (C=O) groups is 1. The van der Waals surface area contributed by atoms with Crippen molar-refractivity contribution in [2.24, 2.45) is 5.92 Å². The molecular formula is C13H21N3O. The first-order valence-corrected chi connectivity index (χ1v) is 6.30. The van der Waals surface area contributed by atoms with Gasteiger partial charge in [0.2, 0.25) is 0 Å². The van der Waals surface area contributed by atoms with Crippen molar-refractivity contribution in [1.82, 2.24) is 15.2 Å². The van der Waals surface area contributed by atoms with Crippen molar-refractivity contribution in [2.45, 2.75) is 19.8 Å². The van der Waals surface area contributed by atoms with E-state index < -0.39 is 0 Å². The zero-order valence-corrected chi connectivity index (χ0v) is 10.6. The number of likely N-dealkylation sites (tertiary alicyclic amines) is 1. The van der Waals surface area contributed by atoms with Crippen molar-refractivity contribution in [1.29, 1.82) is 0 Å². The molecule has 0 aromatic carbocycles. The van der Waals surface area contributed by atoms with Gasteiger partial charge in [-0.25, -0.2) is 0 Å². The maximum Gasteiger partial charge on any atom is 0.255 e. The highest BCUT2D eigenvalue weighted by atomic mass is 16.2. The zero-order valence-electron chi connectivity index (χ0n) is 10.6. The fraction of sp³-hybridized carbons (Fsp3) is 0.615. The van der Waals surface area contributed by atoms with E-state index in [1.54, 1.807) is 0 Å². The first kappa shape index (κ1) is 12.2. The molecule has 1 aliphatic heterocycles. The molecule has 1 aliphatic rings. The Morgan fingerprint density at radius 3 is 3.12 bits per heavy atom. The number of H-pyrrole nitrogens is 1. The van der Waals surface area contributed by atoms with E-state index in [9.17, 15) is 4.79 Å². The second kappa shape index (κ2) is 5.36. The molecule has 1 aromatic heterocycles. The smallest absolute Gasteiger partial charge is 0.255 e. The number of piperidine rings is 1. The summed E-state index contributed by atoms with van der Waals surface area (Å²) in [7, 11) is 1.97. The first-order valence-electron chi connectivity index (χ1n) is 6.30. The van der Waals surface area contributed by atoms with Crippen molar-refractivity contribution in [3.63, 3.8) is 0 Å². The lowest BCUT2D eigenvalue weighted by atomic mass is 9.97. The number of nitrogens with zero attached hydrogens (tertiary/aromatic N) is 1. The van der Waals surface area contributed by atoms with Crippen LogP contribution in [0.2, 0.25) is 0 Å². The molecule has 0 aliphatic carbocycles. The molecule has 2 N–H and O–H groups in total. The lowest BCUT2D eigenvalue weighted by molar-refractivity contribution is 0.0673. The van der Waals surface area contributed by atoms with Gasteiger partial charge in [-0.15, -0.1) is 0 Å². The van der Waals surface area contributed by atoms with Gasteiger partial charge >= 0.3 is 0 Å². The van der Waals surface area contributed by atoms with Crippen LogP contribution in [0, 0.1) is 12.8 Å². The molecule has 4 heteroatoms. The van der Waals surface area contributed by atoms with Crippen LogP contribution in [0.3, 0.4) is 0 Å². The van der Waals surface area contributed by atoms with Crippen LogP contribution < -0.4 is 5.32 Å². The van der Waals surface area contributed by atoms with Gasteiger partial charge in [0.05, 0.1) is 5.56 Å². The van der Waals surface area contributed by atoms with Crippen molar-refractivity contribution < 1.29 is 4.79 Å². The minimum absolute atomic E-state index is 0.171. The van der Waals surface area contributed by atoms with E-state index >= 15 is 0 Å². The summed E-state index contributed by atoms with van der Waals surface area (Å²) in [5, 5.41) is 3.20. The van der Waals surface area contributed by atoms with E-state index in [0.717, 1.165) is 37.3 Å². The maximum absolute atomic E-state index is 12.3. The summed E-state index contributed by atoms with van der Waals surface area (Å²) >= 11 is 0. The van der Waals surface area contributed by atoms with Crippen LogP contribution in [-0.2, 0) is 0 Å². The molecule has 2 heterocycles. The van der Waals surface area contributed by atoms with Crippen LogP contribution in [0.4, 0.5) is 0 Å². The molecule has 0 radical (unpaired) electrons. The third kappa shape index (κ3) is 2.69. The fourth-order valence-corrected chi connectivity index (χ4v) is 2.56. The first-order chi connectivity index (χ1) is 8.22. The normalized spacial score (nSPS) is 20.6. The minimum Gasteiger partial charge on any atom is -0.365 e. The minimum atomic E-state index is 0.171. The lowest BCUT2D eigenvalue weighted by Gasteiger charge is -2.32. The summed E-state index contributed by atoms with van der Waals surface area (Å²) < 4.78 is 0. The summed E-state index contributed by atoms with van der Waals surface area (Å²) in [6.07, 6.45) is 4.16. The lowest BCUT2D eigenvalue weighted by Crippen LogP contribution is -2.42. The van der Waals surface area contributed by atoms with Gasteiger partial charge in [0.25, 0.3) is 5.91 Å². The number of hydrogen-bond acceptors (Lipinski definition) is 2. The average Bonchev–Trinajstić information content (AvgIpc) is 2.75. The van der Waals surface area contributed by atoms with Crippen molar-refractivity contribution >= 4 is 5.91 Å². The number of aromatic amines is 1. The summed E-state index contributed by atoms with van der Waals surface area (Å²) in [6, 6.07) is 1.87. The number of aromatic nitrogens is 1. The second-order valence-electron chi connectivity index (χ2n) is 4.83. The molecule has 1 aromatic rings. The molecule has 1 atom stereocenters. The molecule has 2 rings (SSSR count). The van der Waals surface area contributed by atoms with Gasteiger partial charge in [0.1, 0.15) is 0 Å². The molecule has 0 unspecified atom stereocenters. The fourth-order valence-electron chi connectivity index (χ4n) is 2.56. The molecule has 1 fully saturated rings. The predicted molar refractivity (Wildman–Crippen MR) is 68.1 cm³/mol. The topological polar surface area (TPSA) is 48.1 Å². The maximum atomic E-state index is 12.3. The highest BCUT2D eigenvalue weighted by molar-refractivity contribution is 5.95. The number of carbonyl (C=O) groups excluding carboxylic acids is 1. The van der Waals surface area contributed by atoms with E-state index in [4.69, 9.17) is 0 Å².